The Hall–Kier alpha value is -1.35. The van der Waals surface area contributed by atoms with Crippen LogP contribution in [0.15, 0.2) is 30.0 Å². The van der Waals surface area contributed by atoms with Gasteiger partial charge in [-0.2, -0.15) is 0 Å². The first-order chi connectivity index (χ1) is 8.08. The first-order valence-electron chi connectivity index (χ1n) is 6.02. The van der Waals surface area contributed by atoms with E-state index < -0.39 is 0 Å². The van der Waals surface area contributed by atoms with E-state index in [-0.39, 0.29) is 0 Å². The van der Waals surface area contributed by atoms with E-state index in [0.29, 0.717) is 12.6 Å². The van der Waals surface area contributed by atoms with Crippen molar-refractivity contribution in [1.82, 2.24) is 10.3 Å². The van der Waals surface area contributed by atoms with E-state index in [2.05, 4.69) is 38.0 Å². The molecule has 94 valence electrons. The normalized spacial score (nSPS) is 10.4. The van der Waals surface area contributed by atoms with Crippen molar-refractivity contribution in [2.45, 2.75) is 40.3 Å². The summed E-state index contributed by atoms with van der Waals surface area (Å²) in [5.74, 6) is 0.816. The van der Waals surface area contributed by atoms with Gasteiger partial charge >= 0.3 is 0 Å². The highest BCUT2D eigenvalue weighted by molar-refractivity contribution is 5.20. The number of allylic oxidation sites excluding steroid dienone is 1. The first-order valence-corrected chi connectivity index (χ1v) is 6.02. The van der Waals surface area contributed by atoms with Gasteiger partial charge in [-0.3, -0.25) is 4.98 Å². The Balaban J connectivity index is 2.42. The van der Waals surface area contributed by atoms with Gasteiger partial charge in [0.15, 0.2) is 0 Å². The highest BCUT2D eigenvalue weighted by Crippen LogP contribution is 2.09. The van der Waals surface area contributed by atoms with Crippen LogP contribution in [0.1, 0.15) is 33.4 Å². The standard InChI is InChI=1S/C14H22N2O/c1-11(2)7-8-17-14-6-5-13(16-10-14)9-15-12(3)4/h5-7,10,12,15H,8-9H2,1-4H3. The van der Waals surface area contributed by atoms with Crippen LogP contribution < -0.4 is 10.1 Å². The summed E-state index contributed by atoms with van der Waals surface area (Å²) < 4.78 is 5.54. The highest BCUT2D eigenvalue weighted by atomic mass is 16.5. The molecule has 0 atom stereocenters. The number of ether oxygens (including phenoxy) is 1. The molecule has 1 N–H and O–H groups in total. The van der Waals surface area contributed by atoms with Crippen molar-refractivity contribution < 1.29 is 4.74 Å². The molecule has 17 heavy (non-hydrogen) atoms. The summed E-state index contributed by atoms with van der Waals surface area (Å²) in [5, 5.41) is 3.33. The molecule has 0 aliphatic carbocycles. The zero-order valence-corrected chi connectivity index (χ0v) is 11.2. The maximum absolute atomic E-state index is 5.54. The van der Waals surface area contributed by atoms with Crippen LogP contribution in [0.4, 0.5) is 0 Å². The minimum Gasteiger partial charge on any atom is -0.488 e. The first kappa shape index (κ1) is 13.7. The van der Waals surface area contributed by atoms with E-state index in [9.17, 15) is 0 Å². The maximum atomic E-state index is 5.54. The molecule has 1 rings (SSSR count). The predicted octanol–water partition coefficient (Wildman–Crippen LogP) is 2.92. The van der Waals surface area contributed by atoms with Crippen LogP contribution >= 0.6 is 0 Å². The maximum Gasteiger partial charge on any atom is 0.138 e. The number of nitrogens with one attached hydrogen (secondary N) is 1. The third-order valence-electron chi connectivity index (χ3n) is 2.23. The molecule has 0 aromatic carbocycles. The van der Waals surface area contributed by atoms with Crippen LogP contribution in [0.3, 0.4) is 0 Å². The molecule has 3 nitrogen and oxygen atoms in total. The predicted molar refractivity (Wildman–Crippen MR) is 71.1 cm³/mol. The lowest BCUT2D eigenvalue weighted by Crippen LogP contribution is -2.22. The second-order valence-electron chi connectivity index (χ2n) is 4.61. The fraction of sp³-hybridized carbons (Fsp3) is 0.500. The van der Waals surface area contributed by atoms with E-state index in [1.54, 1.807) is 6.20 Å². The van der Waals surface area contributed by atoms with Crippen molar-refractivity contribution in [3.63, 3.8) is 0 Å². The van der Waals surface area contributed by atoms with Crippen molar-refractivity contribution in [1.29, 1.82) is 0 Å². The molecule has 1 aromatic rings. The van der Waals surface area contributed by atoms with E-state index in [0.717, 1.165) is 18.0 Å². The lowest BCUT2D eigenvalue weighted by atomic mass is 10.3. The largest absolute Gasteiger partial charge is 0.488 e. The van der Waals surface area contributed by atoms with Gasteiger partial charge < -0.3 is 10.1 Å². The molecular formula is C14H22N2O. The summed E-state index contributed by atoms with van der Waals surface area (Å²) in [7, 11) is 0. The summed E-state index contributed by atoms with van der Waals surface area (Å²) in [6.45, 7) is 9.76. The van der Waals surface area contributed by atoms with Crippen LogP contribution in [0.25, 0.3) is 0 Å². The Bertz CT molecular complexity index is 351. The van der Waals surface area contributed by atoms with Crippen LogP contribution in [-0.2, 0) is 6.54 Å². The van der Waals surface area contributed by atoms with Crippen molar-refractivity contribution in [2.24, 2.45) is 0 Å². The molecule has 0 bridgehead atoms. The molecule has 1 aromatic heterocycles. The summed E-state index contributed by atoms with van der Waals surface area (Å²) >= 11 is 0. The molecule has 1 heterocycles. The van der Waals surface area contributed by atoms with E-state index in [1.165, 1.54) is 5.57 Å². The lowest BCUT2D eigenvalue weighted by Gasteiger charge is -2.08. The quantitative estimate of drug-likeness (QED) is 0.768. The zero-order chi connectivity index (χ0) is 12.7. The zero-order valence-electron chi connectivity index (χ0n) is 11.2. The van der Waals surface area contributed by atoms with Crippen LogP contribution in [0, 0.1) is 0 Å². The van der Waals surface area contributed by atoms with Gasteiger partial charge in [-0.1, -0.05) is 19.4 Å². The molecule has 3 heteroatoms. The van der Waals surface area contributed by atoms with Gasteiger partial charge in [-0.25, -0.2) is 0 Å². The topological polar surface area (TPSA) is 34.1 Å². The molecule has 0 radical (unpaired) electrons. The lowest BCUT2D eigenvalue weighted by molar-refractivity contribution is 0.360. The van der Waals surface area contributed by atoms with Gasteiger partial charge in [-0.15, -0.1) is 0 Å². The molecule has 0 aliphatic heterocycles. The smallest absolute Gasteiger partial charge is 0.138 e. The van der Waals surface area contributed by atoms with E-state index >= 15 is 0 Å². The summed E-state index contributed by atoms with van der Waals surface area (Å²) in [6.07, 6.45) is 3.82. The number of hydrogen-bond acceptors (Lipinski definition) is 3. The second kappa shape index (κ2) is 7.07. The number of nitrogens with zero attached hydrogens (tertiary/aromatic N) is 1. The van der Waals surface area contributed by atoms with Crippen LogP contribution in [0.2, 0.25) is 0 Å². The fourth-order valence-corrected chi connectivity index (χ4v) is 1.21. The van der Waals surface area contributed by atoms with Gasteiger partial charge in [0, 0.05) is 12.6 Å². The number of rotatable bonds is 6. The van der Waals surface area contributed by atoms with Crippen LogP contribution in [0.5, 0.6) is 5.75 Å². The van der Waals surface area contributed by atoms with Gasteiger partial charge in [0.2, 0.25) is 0 Å². The minimum absolute atomic E-state index is 0.477. The van der Waals surface area contributed by atoms with Crippen molar-refractivity contribution in [3.05, 3.63) is 35.7 Å². The minimum atomic E-state index is 0.477. The third kappa shape index (κ3) is 6.07. The highest BCUT2D eigenvalue weighted by Gasteiger charge is 1.98. The van der Waals surface area contributed by atoms with E-state index in [4.69, 9.17) is 4.74 Å². The van der Waals surface area contributed by atoms with Crippen molar-refractivity contribution >= 4 is 0 Å². The summed E-state index contributed by atoms with van der Waals surface area (Å²) in [4.78, 5) is 4.34. The average Bonchev–Trinajstić information content (AvgIpc) is 2.27. The Kier molecular flexibility index (Phi) is 5.70. The fourth-order valence-electron chi connectivity index (χ4n) is 1.21. The Labute approximate surface area is 104 Å². The number of pyridine rings is 1. The van der Waals surface area contributed by atoms with Gasteiger partial charge in [0.25, 0.3) is 0 Å². The summed E-state index contributed by atoms with van der Waals surface area (Å²) in [6, 6.07) is 4.43. The Morgan fingerprint density at radius 2 is 2.18 bits per heavy atom. The van der Waals surface area contributed by atoms with E-state index in [1.807, 2.05) is 18.2 Å². The average molecular weight is 234 g/mol. The Morgan fingerprint density at radius 1 is 1.41 bits per heavy atom. The molecule has 0 unspecified atom stereocenters. The SMILES string of the molecule is CC(C)=CCOc1ccc(CNC(C)C)nc1. The summed E-state index contributed by atoms with van der Waals surface area (Å²) in [5.41, 5.74) is 2.30. The van der Waals surface area contributed by atoms with Gasteiger partial charge in [0.05, 0.1) is 11.9 Å². The van der Waals surface area contributed by atoms with Gasteiger partial charge in [0.1, 0.15) is 12.4 Å². The molecule has 0 saturated heterocycles. The molecular weight excluding hydrogens is 212 g/mol. The number of aromatic nitrogens is 1. The number of hydrogen-bond donors (Lipinski definition) is 1. The molecule has 0 aliphatic rings. The van der Waals surface area contributed by atoms with Crippen molar-refractivity contribution in [2.75, 3.05) is 6.61 Å². The van der Waals surface area contributed by atoms with Crippen molar-refractivity contribution in [3.8, 4) is 5.75 Å². The molecule has 0 fully saturated rings. The third-order valence-corrected chi connectivity index (χ3v) is 2.23. The monoisotopic (exact) mass is 234 g/mol. The van der Waals surface area contributed by atoms with Gasteiger partial charge in [-0.05, 0) is 32.1 Å². The second-order valence-corrected chi connectivity index (χ2v) is 4.61. The van der Waals surface area contributed by atoms with Crippen LogP contribution in [-0.4, -0.2) is 17.6 Å². The Morgan fingerprint density at radius 3 is 2.71 bits per heavy atom. The molecule has 0 amide bonds. The molecule has 0 spiro atoms. The molecule has 0 saturated carbocycles.